The van der Waals surface area contributed by atoms with Gasteiger partial charge in [0.2, 0.25) is 0 Å². The maximum Gasteiger partial charge on any atom is 0.400 e. The predicted molar refractivity (Wildman–Crippen MR) is 121 cm³/mol. The van der Waals surface area contributed by atoms with Crippen molar-refractivity contribution >= 4 is 52.5 Å². The Labute approximate surface area is 197 Å². The van der Waals surface area contributed by atoms with Gasteiger partial charge >= 0.3 is 6.18 Å². The zero-order valence-corrected chi connectivity index (χ0v) is 18.6. The molecule has 164 valence electrons. The van der Waals surface area contributed by atoms with Crippen molar-refractivity contribution in [2.24, 2.45) is 9.98 Å². The Balaban J connectivity index is 1.71. The van der Waals surface area contributed by atoms with Crippen molar-refractivity contribution < 1.29 is 13.2 Å². The van der Waals surface area contributed by atoms with E-state index in [9.17, 15) is 18.4 Å². The Morgan fingerprint density at radius 3 is 2.41 bits per heavy atom. The average Bonchev–Trinajstić information content (AvgIpc) is 3.24. The Kier molecular flexibility index (Phi) is 5.97. The zero-order valence-electron chi connectivity index (χ0n) is 16.3. The molecule has 2 aliphatic heterocycles. The number of aliphatic imine (C=N–C) groups is 2. The van der Waals surface area contributed by atoms with Crippen LogP contribution in [0.5, 0.6) is 0 Å². The number of anilines is 1. The van der Waals surface area contributed by atoms with Crippen molar-refractivity contribution in [2.45, 2.75) is 18.0 Å². The van der Waals surface area contributed by atoms with Gasteiger partial charge in [0.05, 0.1) is 39.2 Å². The maximum atomic E-state index is 14.3. The Hall–Kier alpha value is -2.53. The molecule has 1 unspecified atom stereocenters. The molecule has 0 aliphatic carbocycles. The fourth-order valence-corrected chi connectivity index (χ4v) is 4.40. The Bertz CT molecular complexity index is 1190. The van der Waals surface area contributed by atoms with Gasteiger partial charge in [0, 0.05) is 24.9 Å². The van der Waals surface area contributed by atoms with Crippen LogP contribution in [0.25, 0.3) is 0 Å². The molecule has 2 heterocycles. The van der Waals surface area contributed by atoms with E-state index < -0.39 is 24.6 Å². The summed E-state index contributed by atoms with van der Waals surface area (Å²) in [4.78, 5) is 10.0. The van der Waals surface area contributed by atoms with E-state index in [1.54, 1.807) is 35.6 Å². The van der Waals surface area contributed by atoms with Crippen LogP contribution in [-0.4, -0.2) is 31.3 Å². The fraction of sp³-hybridized carbons (Fsp3) is 0.227. The summed E-state index contributed by atoms with van der Waals surface area (Å²) in [6.45, 7) is 0.0150. The highest BCUT2D eigenvalue weighted by Crippen LogP contribution is 2.49. The van der Waals surface area contributed by atoms with Crippen LogP contribution in [0.2, 0.25) is 15.1 Å². The fourth-order valence-electron chi connectivity index (χ4n) is 3.80. The number of rotatable bonds is 3. The lowest BCUT2D eigenvalue weighted by Crippen LogP contribution is -2.43. The first kappa shape index (κ1) is 22.7. The van der Waals surface area contributed by atoms with E-state index in [0.717, 1.165) is 0 Å². The smallest absolute Gasteiger partial charge is 0.327 e. The molecule has 10 heteroatoms. The molecule has 0 amide bonds. The van der Waals surface area contributed by atoms with Crippen LogP contribution in [-0.2, 0) is 5.41 Å². The molecular formula is C22H14Cl3F3N4. The largest absolute Gasteiger partial charge is 0.400 e. The SMILES string of the molecule is N#Cc1cc(C2=NCC(c3cc(Cl)c(Cl)c(Cl)c3)(C(F)(F)F)C2)ccc1N1C=NC=CC1. The Morgan fingerprint density at radius 1 is 1.09 bits per heavy atom. The van der Waals surface area contributed by atoms with Crippen LogP contribution in [0, 0.1) is 11.3 Å². The van der Waals surface area contributed by atoms with E-state index in [1.807, 2.05) is 6.08 Å². The van der Waals surface area contributed by atoms with E-state index in [4.69, 9.17) is 34.8 Å². The van der Waals surface area contributed by atoms with Crippen molar-refractivity contribution in [2.75, 3.05) is 18.0 Å². The van der Waals surface area contributed by atoms with Crippen LogP contribution in [0.1, 0.15) is 23.1 Å². The first-order chi connectivity index (χ1) is 15.2. The van der Waals surface area contributed by atoms with Crippen molar-refractivity contribution in [3.8, 4) is 6.07 Å². The van der Waals surface area contributed by atoms with Gasteiger partial charge in [-0.3, -0.25) is 4.99 Å². The van der Waals surface area contributed by atoms with Gasteiger partial charge in [0.1, 0.15) is 11.5 Å². The normalized spacial score (nSPS) is 20.4. The summed E-state index contributed by atoms with van der Waals surface area (Å²) in [7, 11) is 0. The van der Waals surface area contributed by atoms with Gasteiger partial charge in [-0.05, 0) is 41.5 Å². The van der Waals surface area contributed by atoms with Crippen LogP contribution in [0.15, 0.2) is 52.6 Å². The first-order valence-corrected chi connectivity index (χ1v) is 10.5. The Morgan fingerprint density at radius 2 is 1.81 bits per heavy atom. The van der Waals surface area contributed by atoms with Crippen LogP contribution >= 0.6 is 34.8 Å². The van der Waals surface area contributed by atoms with Gasteiger partial charge in [-0.1, -0.05) is 40.9 Å². The molecule has 32 heavy (non-hydrogen) atoms. The first-order valence-electron chi connectivity index (χ1n) is 9.41. The van der Waals surface area contributed by atoms with Crippen molar-refractivity contribution in [3.63, 3.8) is 0 Å². The highest BCUT2D eigenvalue weighted by molar-refractivity contribution is 6.48. The number of nitrogens with zero attached hydrogens (tertiary/aromatic N) is 4. The summed E-state index contributed by atoms with van der Waals surface area (Å²) >= 11 is 18.0. The van der Waals surface area contributed by atoms with Gasteiger partial charge < -0.3 is 4.90 Å². The molecule has 2 aliphatic rings. The minimum Gasteiger partial charge on any atom is -0.327 e. The number of halogens is 6. The lowest BCUT2D eigenvalue weighted by atomic mass is 9.76. The zero-order chi connectivity index (χ0) is 23.1. The molecule has 0 fully saturated rings. The highest BCUT2D eigenvalue weighted by Gasteiger charge is 2.58. The van der Waals surface area contributed by atoms with Gasteiger partial charge in [-0.25, -0.2) is 4.99 Å². The molecule has 4 nitrogen and oxygen atoms in total. The highest BCUT2D eigenvalue weighted by atomic mass is 35.5. The van der Waals surface area contributed by atoms with Crippen molar-refractivity contribution in [1.82, 2.24) is 0 Å². The number of benzene rings is 2. The van der Waals surface area contributed by atoms with Gasteiger partial charge in [0.15, 0.2) is 0 Å². The summed E-state index contributed by atoms with van der Waals surface area (Å²) in [6.07, 6.45) is 0.0360. The van der Waals surface area contributed by atoms with Gasteiger partial charge in [0.25, 0.3) is 0 Å². The van der Waals surface area contributed by atoms with Crippen LogP contribution in [0.4, 0.5) is 18.9 Å². The van der Waals surface area contributed by atoms with E-state index >= 15 is 0 Å². The summed E-state index contributed by atoms with van der Waals surface area (Å²) in [5.74, 6) is 0. The summed E-state index contributed by atoms with van der Waals surface area (Å²) < 4.78 is 43.0. The number of hydrogen-bond acceptors (Lipinski definition) is 4. The third kappa shape index (κ3) is 3.88. The minimum absolute atomic E-state index is 0.00102. The van der Waals surface area contributed by atoms with Crippen LogP contribution < -0.4 is 4.90 Å². The van der Waals surface area contributed by atoms with Crippen molar-refractivity contribution in [1.29, 1.82) is 5.26 Å². The van der Waals surface area contributed by atoms with Gasteiger partial charge in [-0.15, -0.1) is 0 Å². The molecule has 0 radical (unpaired) electrons. The molecule has 4 rings (SSSR count). The molecule has 0 bridgehead atoms. The maximum absolute atomic E-state index is 14.3. The second-order valence-electron chi connectivity index (χ2n) is 7.42. The molecule has 2 aromatic carbocycles. The lowest BCUT2D eigenvalue weighted by molar-refractivity contribution is -0.183. The monoisotopic (exact) mass is 496 g/mol. The van der Waals surface area contributed by atoms with Crippen molar-refractivity contribution in [3.05, 3.63) is 74.4 Å². The molecule has 0 saturated carbocycles. The molecule has 2 aromatic rings. The third-order valence-corrected chi connectivity index (χ3v) is 6.74. The molecular weight excluding hydrogens is 484 g/mol. The number of nitriles is 1. The summed E-state index contributed by atoms with van der Waals surface area (Å²) in [6, 6.07) is 9.38. The molecule has 0 aromatic heterocycles. The topological polar surface area (TPSA) is 51.8 Å². The molecule has 0 spiro atoms. The van der Waals surface area contributed by atoms with Gasteiger partial charge in [-0.2, -0.15) is 18.4 Å². The quantitative estimate of drug-likeness (QED) is 0.450. The lowest BCUT2D eigenvalue weighted by Gasteiger charge is -2.32. The average molecular weight is 498 g/mol. The van der Waals surface area contributed by atoms with E-state index in [0.29, 0.717) is 23.4 Å². The standard InChI is InChI=1S/C22H14Cl3F3N4/c23-16-7-15(8-17(24)20(16)25)21(22(26,27)28)9-18(31-11-21)13-2-3-19(14(6-13)10-29)32-5-1-4-30-12-32/h1-4,6-8,12H,5,9,11H2. The second-order valence-corrected chi connectivity index (χ2v) is 8.61. The van der Waals surface area contributed by atoms with E-state index in [1.165, 1.54) is 12.1 Å². The number of hydrogen-bond donors (Lipinski definition) is 0. The summed E-state index contributed by atoms with van der Waals surface area (Å²) in [5.41, 5.74) is -0.769. The molecule has 1 atom stereocenters. The third-order valence-electron chi connectivity index (χ3n) is 5.55. The van der Waals surface area contributed by atoms with Crippen LogP contribution in [0.3, 0.4) is 0 Å². The van der Waals surface area contributed by atoms with E-state index in [-0.39, 0.29) is 26.3 Å². The number of alkyl halides is 3. The second kappa shape index (κ2) is 8.43. The summed E-state index contributed by atoms with van der Waals surface area (Å²) in [5, 5.41) is 9.50. The van der Waals surface area contributed by atoms with E-state index in [2.05, 4.69) is 16.1 Å². The minimum atomic E-state index is -4.62. The molecule has 0 saturated heterocycles. The predicted octanol–water partition coefficient (Wildman–Crippen LogP) is 6.57. The molecule has 0 N–H and O–H groups in total.